The average Bonchev–Trinajstić information content (AvgIpc) is 2.17. The van der Waals surface area contributed by atoms with Crippen LogP contribution in [0.2, 0.25) is 0 Å². The van der Waals surface area contributed by atoms with Gasteiger partial charge in [0.1, 0.15) is 6.54 Å². The zero-order valence-corrected chi connectivity index (χ0v) is 8.40. The Hall–Kier alpha value is -1.96. The molecule has 0 bridgehead atoms. The number of carboxylic acids is 1. The summed E-state index contributed by atoms with van der Waals surface area (Å²) < 4.78 is 0. The average molecular weight is 210 g/mol. The van der Waals surface area contributed by atoms with Crippen LogP contribution in [0.3, 0.4) is 0 Å². The Kier molecular flexibility index (Phi) is 6.47. The molecule has 82 valence electrons. The van der Waals surface area contributed by atoms with Gasteiger partial charge >= 0.3 is 12.0 Å². The fourth-order valence-electron chi connectivity index (χ4n) is 0.892. The van der Waals surface area contributed by atoms with Gasteiger partial charge in [-0.05, 0) is 0 Å². The number of aliphatic carboxylic acids is 1. The number of nitrogens with zero attached hydrogens (tertiary/aromatic N) is 1. The van der Waals surface area contributed by atoms with E-state index in [4.69, 9.17) is 11.5 Å². The first kappa shape index (κ1) is 13.0. The first-order valence-electron chi connectivity index (χ1n) is 4.40. The molecule has 0 aliphatic carbocycles. The number of hydrogen-bond acceptors (Lipinski definition) is 2. The van der Waals surface area contributed by atoms with E-state index < -0.39 is 12.0 Å². The van der Waals surface area contributed by atoms with Crippen LogP contribution in [0.25, 0.3) is 0 Å². The molecule has 15 heavy (non-hydrogen) atoms. The summed E-state index contributed by atoms with van der Waals surface area (Å²) in [5, 5.41) is 11.0. The molecule has 0 aromatic heterocycles. The summed E-state index contributed by atoms with van der Waals surface area (Å²) in [7, 11) is 0. The highest BCUT2D eigenvalue weighted by molar-refractivity contribution is 5.80. The number of hydrogen-bond donors (Lipinski definition) is 2. The van der Waals surface area contributed by atoms with Crippen LogP contribution in [-0.4, -0.2) is 41.6 Å². The Labute approximate surface area is 88.8 Å². The van der Waals surface area contributed by atoms with Gasteiger partial charge in [-0.25, -0.2) is 4.79 Å². The van der Waals surface area contributed by atoms with E-state index in [1.165, 1.54) is 6.08 Å². The number of nitrogens with one attached hydrogen (secondary N) is 1. The summed E-state index contributed by atoms with van der Waals surface area (Å²) >= 11 is 0. The van der Waals surface area contributed by atoms with Crippen LogP contribution in [0.5, 0.6) is 0 Å². The summed E-state index contributed by atoms with van der Waals surface area (Å²) in [5.74, 6) is 1.30. The van der Waals surface area contributed by atoms with E-state index in [-0.39, 0.29) is 13.1 Å². The molecule has 0 spiro atoms. The molecule has 0 radical (unpaired) electrons. The Balaban J connectivity index is 4.10. The van der Waals surface area contributed by atoms with Crippen molar-refractivity contribution in [1.82, 2.24) is 10.2 Å². The van der Waals surface area contributed by atoms with E-state index >= 15 is 0 Å². The Bertz CT molecular complexity index is 281. The lowest BCUT2D eigenvalue weighted by atomic mass is 10.4. The molecule has 2 amide bonds. The first-order valence-corrected chi connectivity index (χ1v) is 4.40. The van der Waals surface area contributed by atoms with Gasteiger partial charge in [0.25, 0.3) is 0 Å². The topological polar surface area (TPSA) is 69.6 Å². The van der Waals surface area contributed by atoms with Gasteiger partial charge in [-0.3, -0.25) is 4.79 Å². The quantitative estimate of drug-likeness (QED) is 0.376. The predicted molar refractivity (Wildman–Crippen MR) is 56.3 cm³/mol. The lowest BCUT2D eigenvalue weighted by Crippen LogP contribution is -2.43. The third-order valence-electron chi connectivity index (χ3n) is 1.51. The van der Waals surface area contributed by atoms with E-state index in [2.05, 4.69) is 17.8 Å². The molecule has 0 heterocycles. The Morgan fingerprint density at radius 1 is 1.60 bits per heavy atom. The highest BCUT2D eigenvalue weighted by Crippen LogP contribution is 1.90. The Morgan fingerprint density at radius 3 is 2.73 bits per heavy atom. The van der Waals surface area contributed by atoms with Crippen molar-refractivity contribution in [3.63, 3.8) is 0 Å². The first-order chi connectivity index (χ1) is 7.11. The summed E-state index contributed by atoms with van der Waals surface area (Å²) in [5.41, 5.74) is 0. The zero-order valence-electron chi connectivity index (χ0n) is 8.40. The van der Waals surface area contributed by atoms with Crippen LogP contribution in [0, 0.1) is 12.3 Å². The maximum Gasteiger partial charge on any atom is 0.323 e. The van der Waals surface area contributed by atoms with Crippen molar-refractivity contribution in [2.24, 2.45) is 0 Å². The van der Waals surface area contributed by atoms with Crippen LogP contribution in [0.4, 0.5) is 4.79 Å². The van der Waals surface area contributed by atoms with E-state index in [0.29, 0.717) is 13.0 Å². The largest absolute Gasteiger partial charge is 0.480 e. The van der Waals surface area contributed by atoms with Gasteiger partial charge in [-0.2, -0.15) is 0 Å². The molecule has 0 aromatic carbocycles. The minimum Gasteiger partial charge on any atom is -0.480 e. The molecule has 5 nitrogen and oxygen atoms in total. The standard InChI is InChI=1S/C10H14N2O3/c1-3-5-6-11-10(15)12(7-4-2)8-9(13)14/h1,4H,2,5-8H2,(H,11,15)(H,13,14). The van der Waals surface area contributed by atoms with Crippen molar-refractivity contribution >= 4 is 12.0 Å². The molecular formula is C10H14N2O3. The minimum absolute atomic E-state index is 0.189. The van der Waals surface area contributed by atoms with Crippen molar-refractivity contribution in [3.05, 3.63) is 12.7 Å². The maximum absolute atomic E-state index is 11.4. The maximum atomic E-state index is 11.4. The highest BCUT2D eigenvalue weighted by Gasteiger charge is 2.14. The summed E-state index contributed by atoms with van der Waals surface area (Å²) in [6.45, 7) is 3.61. The fourth-order valence-corrected chi connectivity index (χ4v) is 0.892. The van der Waals surface area contributed by atoms with Gasteiger partial charge in [0.2, 0.25) is 0 Å². The zero-order chi connectivity index (χ0) is 11.7. The summed E-state index contributed by atoms with van der Waals surface area (Å²) in [6.07, 6.45) is 6.88. The van der Waals surface area contributed by atoms with Gasteiger partial charge in [0.15, 0.2) is 0 Å². The normalized spacial score (nSPS) is 8.73. The summed E-state index contributed by atoms with van der Waals surface area (Å²) in [6, 6.07) is -0.451. The molecule has 0 aliphatic heterocycles. The molecule has 0 atom stereocenters. The van der Waals surface area contributed by atoms with Gasteiger partial charge < -0.3 is 15.3 Å². The predicted octanol–water partition coefficient (Wildman–Crippen LogP) is 0.292. The molecule has 0 rings (SSSR count). The van der Waals surface area contributed by atoms with E-state index in [0.717, 1.165) is 4.90 Å². The van der Waals surface area contributed by atoms with Crippen molar-refractivity contribution in [2.45, 2.75) is 6.42 Å². The number of amides is 2. The third kappa shape index (κ3) is 6.16. The van der Waals surface area contributed by atoms with E-state index in [1.54, 1.807) is 0 Å². The number of carboxylic acid groups (broad SMARTS) is 1. The van der Waals surface area contributed by atoms with Crippen molar-refractivity contribution in [3.8, 4) is 12.3 Å². The number of rotatable bonds is 6. The van der Waals surface area contributed by atoms with Crippen LogP contribution in [0.1, 0.15) is 6.42 Å². The number of carbonyl (C=O) groups excluding carboxylic acids is 1. The van der Waals surface area contributed by atoms with Crippen molar-refractivity contribution in [2.75, 3.05) is 19.6 Å². The van der Waals surface area contributed by atoms with Gasteiger partial charge in [-0.1, -0.05) is 6.08 Å². The van der Waals surface area contributed by atoms with Crippen LogP contribution < -0.4 is 5.32 Å². The van der Waals surface area contributed by atoms with Gasteiger partial charge in [0, 0.05) is 19.5 Å². The number of urea groups is 1. The molecule has 0 aromatic rings. The third-order valence-corrected chi connectivity index (χ3v) is 1.51. The van der Waals surface area contributed by atoms with Crippen LogP contribution >= 0.6 is 0 Å². The lowest BCUT2D eigenvalue weighted by Gasteiger charge is -2.18. The minimum atomic E-state index is -1.07. The second-order valence-electron chi connectivity index (χ2n) is 2.75. The monoisotopic (exact) mass is 210 g/mol. The van der Waals surface area contributed by atoms with E-state index in [9.17, 15) is 9.59 Å². The smallest absolute Gasteiger partial charge is 0.323 e. The van der Waals surface area contributed by atoms with Gasteiger partial charge in [-0.15, -0.1) is 18.9 Å². The molecule has 0 unspecified atom stereocenters. The summed E-state index contributed by atoms with van der Waals surface area (Å²) in [4.78, 5) is 22.9. The molecule has 0 saturated heterocycles. The molecule has 0 saturated carbocycles. The van der Waals surface area contributed by atoms with Crippen molar-refractivity contribution in [1.29, 1.82) is 0 Å². The van der Waals surface area contributed by atoms with Crippen LogP contribution in [-0.2, 0) is 4.79 Å². The number of carbonyl (C=O) groups is 2. The number of terminal acetylenes is 1. The molecule has 0 fully saturated rings. The molecule has 0 aliphatic rings. The fraction of sp³-hybridized carbons (Fsp3) is 0.400. The van der Waals surface area contributed by atoms with Crippen LogP contribution in [0.15, 0.2) is 12.7 Å². The SMILES string of the molecule is C#CCCNC(=O)N(CC=C)CC(=O)O. The Morgan fingerprint density at radius 2 is 2.27 bits per heavy atom. The van der Waals surface area contributed by atoms with E-state index in [1.807, 2.05) is 0 Å². The second-order valence-corrected chi connectivity index (χ2v) is 2.75. The molecular weight excluding hydrogens is 196 g/mol. The highest BCUT2D eigenvalue weighted by atomic mass is 16.4. The van der Waals surface area contributed by atoms with Crippen molar-refractivity contribution < 1.29 is 14.7 Å². The van der Waals surface area contributed by atoms with Gasteiger partial charge in [0.05, 0.1) is 0 Å². The second kappa shape index (κ2) is 7.44. The molecule has 5 heteroatoms. The molecule has 2 N–H and O–H groups in total. The lowest BCUT2D eigenvalue weighted by molar-refractivity contribution is -0.137.